The summed E-state index contributed by atoms with van der Waals surface area (Å²) < 4.78 is 50.9. The minimum absolute atomic E-state index is 0.0413. The molecule has 2 unspecified atom stereocenters. The number of nitrogens with two attached hydrogens (primary N) is 1. The van der Waals surface area contributed by atoms with E-state index in [1.54, 1.807) is 26.0 Å². The van der Waals surface area contributed by atoms with Crippen LogP contribution in [0.25, 0.3) is 0 Å². The number of rotatable bonds is 7. The Bertz CT molecular complexity index is 1240. The summed E-state index contributed by atoms with van der Waals surface area (Å²) in [7, 11) is -8.00. The summed E-state index contributed by atoms with van der Waals surface area (Å²) in [4.78, 5) is 26.8. The molecule has 1 aliphatic rings. The largest absolute Gasteiger partial charge is 0.274 e. The van der Waals surface area contributed by atoms with Gasteiger partial charge in [0.15, 0.2) is 0 Å². The quantitative estimate of drug-likeness (QED) is 0.601. The molecule has 9 nitrogen and oxygen atoms in total. The molecule has 0 spiro atoms. The third-order valence-corrected chi connectivity index (χ3v) is 8.44. The predicted octanol–water partition coefficient (Wildman–Crippen LogP) is 1.76. The highest BCUT2D eigenvalue weighted by atomic mass is 32.2. The second kappa shape index (κ2) is 8.74. The minimum Gasteiger partial charge on any atom is -0.274 e. The maximum absolute atomic E-state index is 13.4. The fourth-order valence-corrected chi connectivity index (χ4v) is 5.96. The number of carbonyl (C=O) groups excluding carboxylic acids is 2. The monoisotopic (exact) mass is 479 g/mol. The Hall–Kier alpha value is -2.60. The average Bonchev–Trinajstić information content (AvgIpc) is 3.01. The molecule has 11 heteroatoms. The fourth-order valence-electron chi connectivity index (χ4n) is 3.59. The molecular weight excluding hydrogens is 454 g/mol. The highest BCUT2D eigenvalue weighted by Gasteiger charge is 2.48. The van der Waals surface area contributed by atoms with E-state index < -0.39 is 43.9 Å². The molecular formula is C21H25N3O6S2. The lowest BCUT2D eigenvalue weighted by molar-refractivity contribution is -0.122. The molecule has 0 radical (unpaired) electrons. The zero-order valence-electron chi connectivity index (χ0n) is 17.9. The summed E-state index contributed by atoms with van der Waals surface area (Å²) in [5, 5.41) is 5.09. The van der Waals surface area contributed by atoms with Gasteiger partial charge < -0.3 is 0 Å². The smallest absolute Gasteiger partial charge is 0.252 e. The number of sulfonamides is 2. The van der Waals surface area contributed by atoms with Gasteiger partial charge in [-0.1, -0.05) is 24.6 Å². The molecule has 0 aliphatic carbocycles. The van der Waals surface area contributed by atoms with E-state index in [0.29, 0.717) is 6.42 Å². The second-order valence-corrected chi connectivity index (χ2v) is 11.1. The van der Waals surface area contributed by atoms with Crippen molar-refractivity contribution in [3.05, 3.63) is 54.1 Å². The molecule has 0 bridgehead atoms. The first-order valence-electron chi connectivity index (χ1n) is 9.97. The average molecular weight is 480 g/mol. The highest BCUT2D eigenvalue weighted by molar-refractivity contribution is 7.89. The first-order chi connectivity index (χ1) is 14.9. The first-order valence-corrected chi connectivity index (χ1v) is 13.0. The van der Waals surface area contributed by atoms with Gasteiger partial charge in [0, 0.05) is 6.04 Å². The van der Waals surface area contributed by atoms with Crippen LogP contribution in [0.2, 0.25) is 0 Å². The molecule has 1 aliphatic heterocycles. The minimum atomic E-state index is -4.06. The molecule has 2 aromatic rings. The first kappa shape index (κ1) is 24.1. The van der Waals surface area contributed by atoms with Gasteiger partial charge in [0.25, 0.3) is 5.91 Å². The zero-order chi connectivity index (χ0) is 23.8. The molecule has 0 aromatic heterocycles. The molecule has 1 fully saturated rings. The van der Waals surface area contributed by atoms with Crippen molar-refractivity contribution in [3.63, 3.8) is 0 Å². The lowest BCUT2D eigenvalue weighted by Crippen LogP contribution is -2.49. The Labute approximate surface area is 187 Å². The van der Waals surface area contributed by atoms with Crippen LogP contribution in [0.1, 0.15) is 32.3 Å². The van der Waals surface area contributed by atoms with Crippen molar-refractivity contribution in [2.75, 3.05) is 4.90 Å². The van der Waals surface area contributed by atoms with Crippen LogP contribution in [0.15, 0.2) is 58.3 Å². The number of imide groups is 1. The third kappa shape index (κ3) is 4.46. The summed E-state index contributed by atoms with van der Waals surface area (Å²) in [5.41, 5.74) is 1.03. The molecule has 172 valence electrons. The van der Waals surface area contributed by atoms with Gasteiger partial charge in [0.05, 0.1) is 21.9 Å². The summed E-state index contributed by atoms with van der Waals surface area (Å²) in [5.74, 6) is -1.26. The van der Waals surface area contributed by atoms with Gasteiger partial charge in [-0.3, -0.25) is 9.59 Å². The van der Waals surface area contributed by atoms with Crippen molar-refractivity contribution >= 4 is 37.5 Å². The van der Waals surface area contributed by atoms with Crippen LogP contribution in [0.3, 0.4) is 0 Å². The molecule has 2 amide bonds. The van der Waals surface area contributed by atoms with Crippen LogP contribution < -0.4 is 10.0 Å². The lowest BCUT2D eigenvalue weighted by Gasteiger charge is -2.31. The van der Waals surface area contributed by atoms with Gasteiger partial charge in [0.1, 0.15) is 6.04 Å². The van der Waals surface area contributed by atoms with Crippen molar-refractivity contribution in [1.29, 1.82) is 0 Å². The number of anilines is 1. The van der Waals surface area contributed by atoms with Crippen molar-refractivity contribution in [1.82, 2.24) is 4.31 Å². The van der Waals surface area contributed by atoms with Crippen LogP contribution in [-0.2, 0) is 29.6 Å². The number of carbonyl (C=O) groups is 2. The number of nitrogens with zero attached hydrogens (tertiary/aromatic N) is 2. The Morgan fingerprint density at radius 3 is 2.03 bits per heavy atom. The van der Waals surface area contributed by atoms with Crippen LogP contribution in [0.5, 0.6) is 0 Å². The summed E-state index contributed by atoms with van der Waals surface area (Å²) >= 11 is 0. The number of primary sulfonamides is 1. The van der Waals surface area contributed by atoms with Crippen molar-refractivity contribution in [2.45, 2.75) is 55.5 Å². The summed E-state index contributed by atoms with van der Waals surface area (Å²) in [6, 6.07) is 9.51. The number of hydrogen-bond donors (Lipinski definition) is 1. The molecule has 1 heterocycles. The van der Waals surface area contributed by atoms with E-state index in [2.05, 4.69) is 0 Å². The molecule has 32 heavy (non-hydrogen) atoms. The van der Waals surface area contributed by atoms with Crippen molar-refractivity contribution in [2.24, 2.45) is 5.14 Å². The van der Waals surface area contributed by atoms with E-state index in [0.717, 1.165) is 14.8 Å². The van der Waals surface area contributed by atoms with Gasteiger partial charge >= 0.3 is 0 Å². The maximum atomic E-state index is 13.4. The van der Waals surface area contributed by atoms with Crippen LogP contribution >= 0.6 is 0 Å². The lowest BCUT2D eigenvalue weighted by atomic mass is 10.2. The third-order valence-electron chi connectivity index (χ3n) is 5.48. The zero-order valence-corrected chi connectivity index (χ0v) is 19.6. The Kier molecular flexibility index (Phi) is 6.57. The van der Waals surface area contributed by atoms with Crippen molar-refractivity contribution in [3.8, 4) is 0 Å². The van der Waals surface area contributed by atoms with E-state index in [4.69, 9.17) is 5.14 Å². The Morgan fingerprint density at radius 2 is 1.53 bits per heavy atom. The maximum Gasteiger partial charge on any atom is 0.252 e. The van der Waals surface area contributed by atoms with E-state index in [-0.39, 0.29) is 21.9 Å². The van der Waals surface area contributed by atoms with Crippen LogP contribution in [-0.4, -0.2) is 45.0 Å². The van der Waals surface area contributed by atoms with E-state index in [1.807, 2.05) is 6.92 Å². The van der Waals surface area contributed by atoms with Gasteiger partial charge in [-0.25, -0.2) is 26.9 Å². The second-order valence-electron chi connectivity index (χ2n) is 7.73. The molecule has 0 saturated carbocycles. The fraction of sp³-hybridized carbons (Fsp3) is 0.333. The molecule has 3 rings (SSSR count). The highest BCUT2D eigenvalue weighted by Crippen LogP contribution is 2.32. The Morgan fingerprint density at radius 1 is 1.00 bits per heavy atom. The summed E-state index contributed by atoms with van der Waals surface area (Å²) in [6.45, 7) is 5.32. The van der Waals surface area contributed by atoms with E-state index in [1.165, 1.54) is 36.4 Å². The van der Waals surface area contributed by atoms with Gasteiger partial charge in [-0.2, -0.15) is 4.31 Å². The SMILES string of the molecule is CCC(C)N(C1CC(=O)N(c2ccc(S(N)(=O)=O)cc2)C1=O)S(=O)(=O)c1ccc(C)cc1. The molecule has 1 saturated heterocycles. The Balaban J connectivity index is 2.00. The number of benzene rings is 2. The van der Waals surface area contributed by atoms with E-state index in [9.17, 15) is 26.4 Å². The summed E-state index contributed by atoms with van der Waals surface area (Å²) in [6.07, 6.45) is 0.122. The normalized spacial score (nSPS) is 18.4. The van der Waals surface area contributed by atoms with Crippen molar-refractivity contribution < 1.29 is 26.4 Å². The standard InChI is InChI=1S/C21H25N3O6S2/c1-4-15(3)24(32(29,30)18-9-5-14(2)6-10-18)19-13-20(25)23(21(19)26)16-7-11-17(12-8-16)31(22,27)28/h5-12,15,19H,4,13H2,1-3H3,(H2,22,27,28). The van der Waals surface area contributed by atoms with Crippen LogP contribution in [0.4, 0.5) is 5.69 Å². The topological polar surface area (TPSA) is 135 Å². The molecule has 2 atom stereocenters. The van der Waals surface area contributed by atoms with Crippen LogP contribution in [0, 0.1) is 6.92 Å². The van der Waals surface area contributed by atoms with Gasteiger partial charge in [0.2, 0.25) is 26.0 Å². The van der Waals surface area contributed by atoms with E-state index >= 15 is 0 Å². The number of aryl methyl sites for hydroxylation is 1. The molecule has 2 aromatic carbocycles. The molecule has 2 N–H and O–H groups in total. The van der Waals surface area contributed by atoms with Gasteiger partial charge in [-0.05, 0) is 56.7 Å². The van der Waals surface area contributed by atoms with Gasteiger partial charge in [-0.15, -0.1) is 0 Å². The number of amides is 2. The number of hydrogen-bond acceptors (Lipinski definition) is 6. The predicted molar refractivity (Wildman–Crippen MR) is 119 cm³/mol.